The molecule has 2 unspecified atom stereocenters. The van der Waals surface area contributed by atoms with E-state index < -0.39 is 10.2 Å². The van der Waals surface area contributed by atoms with Crippen molar-refractivity contribution in [3.63, 3.8) is 0 Å². The summed E-state index contributed by atoms with van der Waals surface area (Å²) in [5.74, 6) is 0. The second kappa shape index (κ2) is 6.48. The van der Waals surface area contributed by atoms with Crippen molar-refractivity contribution in [2.75, 3.05) is 13.1 Å². The predicted octanol–water partition coefficient (Wildman–Crippen LogP) is 3.08. The van der Waals surface area contributed by atoms with Gasteiger partial charge in [-0.3, -0.25) is 0 Å². The van der Waals surface area contributed by atoms with E-state index >= 15 is 0 Å². The van der Waals surface area contributed by atoms with Gasteiger partial charge in [0.2, 0.25) is 0 Å². The van der Waals surface area contributed by atoms with Crippen molar-refractivity contribution in [3.8, 4) is 0 Å². The van der Waals surface area contributed by atoms with Gasteiger partial charge in [0, 0.05) is 30.2 Å². The van der Waals surface area contributed by atoms with Crippen LogP contribution in [0.3, 0.4) is 0 Å². The summed E-state index contributed by atoms with van der Waals surface area (Å²) >= 11 is 6.24. The summed E-state index contributed by atoms with van der Waals surface area (Å²) in [6.07, 6.45) is 4.45. The summed E-state index contributed by atoms with van der Waals surface area (Å²) in [4.78, 5) is 0. The number of hydrogen-bond acceptors (Lipinski definition) is 2. The normalized spacial score (nSPS) is 27.5. The minimum Gasteiger partial charge on any atom is -0.195 e. The summed E-state index contributed by atoms with van der Waals surface area (Å²) in [5.41, 5.74) is 1.03. The first-order chi connectivity index (χ1) is 10.5. The zero-order valence-corrected chi connectivity index (χ0v) is 14.5. The molecule has 1 aromatic carbocycles. The summed E-state index contributed by atoms with van der Waals surface area (Å²) in [6, 6.07) is 7.86. The molecule has 0 spiro atoms. The van der Waals surface area contributed by atoms with E-state index in [0.717, 1.165) is 36.3 Å². The molecule has 0 N–H and O–H groups in total. The maximum atomic E-state index is 12.9. The number of benzene rings is 1. The van der Waals surface area contributed by atoms with Gasteiger partial charge in [0.1, 0.15) is 0 Å². The molecule has 2 fully saturated rings. The molecule has 2 heterocycles. The standard InChI is InChI=1S/C16H23ClN2O2S/c1-13-6-4-10-18(13)22(20,21)19-11-5-8-15(19)12-14-7-2-3-9-16(14)17/h2-3,7,9,13,15H,4-6,8,10-12H2,1H3. The fraction of sp³-hybridized carbons (Fsp3) is 0.625. The number of nitrogens with zero attached hydrogens (tertiary/aromatic N) is 2. The van der Waals surface area contributed by atoms with Crippen LogP contribution in [0.5, 0.6) is 0 Å². The maximum Gasteiger partial charge on any atom is 0.282 e. The molecule has 122 valence electrons. The largest absolute Gasteiger partial charge is 0.282 e. The Morgan fingerprint density at radius 3 is 2.50 bits per heavy atom. The van der Waals surface area contributed by atoms with Crippen LogP contribution in [0.2, 0.25) is 5.02 Å². The van der Waals surface area contributed by atoms with Gasteiger partial charge in [-0.25, -0.2) is 0 Å². The van der Waals surface area contributed by atoms with Gasteiger partial charge in [-0.2, -0.15) is 17.0 Å². The minimum atomic E-state index is -3.35. The molecule has 0 radical (unpaired) electrons. The van der Waals surface area contributed by atoms with Crippen molar-refractivity contribution in [2.24, 2.45) is 0 Å². The van der Waals surface area contributed by atoms with Crippen molar-refractivity contribution in [2.45, 2.75) is 51.1 Å². The van der Waals surface area contributed by atoms with E-state index in [2.05, 4.69) is 0 Å². The first-order valence-corrected chi connectivity index (χ1v) is 9.79. The Balaban J connectivity index is 1.80. The molecule has 1 aromatic rings. The van der Waals surface area contributed by atoms with E-state index in [9.17, 15) is 8.42 Å². The van der Waals surface area contributed by atoms with Gasteiger partial charge in [0.15, 0.2) is 0 Å². The molecule has 0 amide bonds. The van der Waals surface area contributed by atoms with E-state index in [4.69, 9.17) is 11.6 Å². The molecule has 22 heavy (non-hydrogen) atoms. The van der Waals surface area contributed by atoms with E-state index in [-0.39, 0.29) is 12.1 Å². The van der Waals surface area contributed by atoms with Crippen molar-refractivity contribution in [1.82, 2.24) is 8.61 Å². The molecule has 6 heteroatoms. The first-order valence-electron chi connectivity index (χ1n) is 8.02. The molecule has 0 bridgehead atoms. The first kappa shape index (κ1) is 16.2. The minimum absolute atomic E-state index is 0.0256. The van der Waals surface area contributed by atoms with Crippen LogP contribution in [-0.4, -0.2) is 42.2 Å². The predicted molar refractivity (Wildman–Crippen MR) is 89.2 cm³/mol. The van der Waals surface area contributed by atoms with Crippen molar-refractivity contribution >= 4 is 21.8 Å². The molecule has 0 aliphatic carbocycles. The van der Waals surface area contributed by atoms with Crippen LogP contribution < -0.4 is 0 Å². The lowest BCUT2D eigenvalue weighted by Gasteiger charge is -2.31. The maximum absolute atomic E-state index is 12.9. The van der Waals surface area contributed by atoms with Gasteiger partial charge < -0.3 is 0 Å². The summed E-state index contributed by atoms with van der Waals surface area (Å²) in [5, 5.41) is 0.723. The molecule has 0 saturated carbocycles. The quantitative estimate of drug-likeness (QED) is 0.843. The Bertz CT molecular complexity index is 635. The van der Waals surface area contributed by atoms with Crippen LogP contribution >= 0.6 is 11.6 Å². The highest BCUT2D eigenvalue weighted by Gasteiger charge is 2.41. The van der Waals surface area contributed by atoms with Gasteiger partial charge in [-0.15, -0.1) is 0 Å². The molecule has 2 saturated heterocycles. The average molecular weight is 343 g/mol. The summed E-state index contributed by atoms with van der Waals surface area (Å²) in [7, 11) is -3.35. The van der Waals surface area contributed by atoms with Gasteiger partial charge in [0.25, 0.3) is 10.2 Å². The van der Waals surface area contributed by atoms with Crippen molar-refractivity contribution < 1.29 is 8.42 Å². The Hall–Kier alpha value is -0.620. The number of hydrogen-bond donors (Lipinski definition) is 0. The molecule has 2 atom stereocenters. The second-order valence-corrected chi connectivity index (χ2v) is 8.55. The van der Waals surface area contributed by atoms with E-state index in [1.165, 1.54) is 0 Å². The third-order valence-corrected chi connectivity index (χ3v) is 7.40. The average Bonchev–Trinajstić information content (AvgIpc) is 3.10. The fourth-order valence-corrected chi connectivity index (χ4v) is 5.94. The fourth-order valence-electron chi connectivity index (χ4n) is 3.62. The third-order valence-electron chi connectivity index (χ3n) is 4.82. The SMILES string of the molecule is CC1CCCN1S(=O)(=O)N1CCCC1Cc1ccccc1Cl. The molecule has 3 rings (SSSR count). The Morgan fingerprint density at radius 2 is 1.82 bits per heavy atom. The van der Waals surface area contributed by atoms with Gasteiger partial charge in [-0.1, -0.05) is 29.8 Å². The number of rotatable bonds is 4. The highest BCUT2D eigenvalue weighted by Crippen LogP contribution is 2.31. The van der Waals surface area contributed by atoms with Crippen LogP contribution in [0, 0.1) is 0 Å². The summed E-state index contributed by atoms with van der Waals surface area (Å²) < 4.78 is 29.3. The van der Waals surface area contributed by atoms with Gasteiger partial charge >= 0.3 is 0 Å². The molecular weight excluding hydrogens is 320 g/mol. The highest BCUT2D eigenvalue weighted by atomic mass is 35.5. The van der Waals surface area contributed by atoms with Crippen LogP contribution in [0.15, 0.2) is 24.3 Å². The summed E-state index contributed by atoms with van der Waals surface area (Å²) in [6.45, 7) is 3.28. The molecule has 2 aliphatic rings. The monoisotopic (exact) mass is 342 g/mol. The zero-order valence-electron chi connectivity index (χ0n) is 12.9. The smallest absolute Gasteiger partial charge is 0.195 e. The Morgan fingerprint density at radius 1 is 1.14 bits per heavy atom. The zero-order chi connectivity index (χ0) is 15.7. The number of halogens is 1. The Kier molecular flexibility index (Phi) is 4.78. The molecule has 2 aliphatic heterocycles. The van der Waals surface area contributed by atoms with Gasteiger partial charge in [0.05, 0.1) is 0 Å². The van der Waals surface area contributed by atoms with Crippen molar-refractivity contribution in [1.29, 1.82) is 0 Å². The van der Waals surface area contributed by atoms with Crippen LogP contribution in [0.4, 0.5) is 0 Å². The lowest BCUT2D eigenvalue weighted by molar-refractivity contribution is 0.320. The lowest BCUT2D eigenvalue weighted by atomic mass is 10.0. The molecular formula is C16H23ClN2O2S. The van der Waals surface area contributed by atoms with Crippen molar-refractivity contribution in [3.05, 3.63) is 34.9 Å². The second-order valence-electron chi connectivity index (χ2n) is 6.31. The highest BCUT2D eigenvalue weighted by molar-refractivity contribution is 7.86. The Labute approximate surface area is 138 Å². The van der Waals surface area contributed by atoms with Crippen LogP contribution in [-0.2, 0) is 16.6 Å². The molecule has 4 nitrogen and oxygen atoms in total. The molecule has 0 aromatic heterocycles. The lowest BCUT2D eigenvalue weighted by Crippen LogP contribution is -2.47. The van der Waals surface area contributed by atoms with E-state index in [1.54, 1.807) is 8.61 Å². The topological polar surface area (TPSA) is 40.6 Å². The van der Waals surface area contributed by atoms with E-state index in [1.807, 2.05) is 31.2 Å². The van der Waals surface area contributed by atoms with E-state index in [0.29, 0.717) is 19.5 Å². The van der Waals surface area contributed by atoms with Crippen LogP contribution in [0.1, 0.15) is 38.2 Å². The third kappa shape index (κ3) is 3.04. The van der Waals surface area contributed by atoms with Crippen LogP contribution in [0.25, 0.3) is 0 Å². The van der Waals surface area contributed by atoms with Gasteiger partial charge in [-0.05, 0) is 50.7 Å².